The van der Waals surface area contributed by atoms with Crippen LogP contribution in [-0.2, 0) is 16.1 Å². The van der Waals surface area contributed by atoms with Crippen molar-refractivity contribution in [2.75, 3.05) is 13.1 Å². The lowest BCUT2D eigenvalue weighted by molar-refractivity contribution is -0.143. The van der Waals surface area contributed by atoms with Gasteiger partial charge in [0.05, 0.1) is 5.92 Å². The number of carbonyl (C=O) groups excluding carboxylic acids is 2. The molecule has 2 fully saturated rings. The van der Waals surface area contributed by atoms with Crippen molar-refractivity contribution in [1.82, 2.24) is 9.80 Å². The molecule has 4 nitrogen and oxygen atoms in total. The Balaban J connectivity index is 1.72. The highest BCUT2D eigenvalue weighted by Crippen LogP contribution is 2.36. The first-order valence-corrected chi connectivity index (χ1v) is 9.72. The Hall–Kier alpha value is -1.84. The number of rotatable bonds is 6. The van der Waals surface area contributed by atoms with Crippen LogP contribution in [0.3, 0.4) is 0 Å². The molecule has 2 atom stereocenters. The van der Waals surface area contributed by atoms with E-state index in [9.17, 15) is 9.59 Å². The fourth-order valence-corrected chi connectivity index (χ4v) is 3.90. The summed E-state index contributed by atoms with van der Waals surface area (Å²) in [5.74, 6) is 0.998. The summed E-state index contributed by atoms with van der Waals surface area (Å²) in [6.45, 7) is 6.15. The van der Waals surface area contributed by atoms with Crippen LogP contribution in [0.15, 0.2) is 30.3 Å². The summed E-state index contributed by atoms with van der Waals surface area (Å²) in [4.78, 5) is 29.3. The van der Waals surface area contributed by atoms with Gasteiger partial charge in [-0.3, -0.25) is 9.59 Å². The molecule has 1 aromatic rings. The third-order valence-electron chi connectivity index (χ3n) is 5.70. The summed E-state index contributed by atoms with van der Waals surface area (Å²) in [6, 6.07) is 10.5. The Morgan fingerprint density at radius 2 is 1.92 bits per heavy atom. The number of likely N-dealkylation sites (tertiary alicyclic amines) is 1. The van der Waals surface area contributed by atoms with Gasteiger partial charge in [-0.2, -0.15) is 0 Å². The van der Waals surface area contributed by atoms with Crippen molar-refractivity contribution in [2.24, 2.45) is 11.8 Å². The van der Waals surface area contributed by atoms with Gasteiger partial charge in [0.1, 0.15) is 0 Å². The predicted molar refractivity (Wildman–Crippen MR) is 98.8 cm³/mol. The van der Waals surface area contributed by atoms with Gasteiger partial charge in [-0.15, -0.1) is 0 Å². The average molecular weight is 342 g/mol. The monoisotopic (exact) mass is 342 g/mol. The number of amides is 2. The summed E-state index contributed by atoms with van der Waals surface area (Å²) < 4.78 is 0. The van der Waals surface area contributed by atoms with E-state index in [2.05, 4.69) is 24.0 Å². The molecule has 1 heterocycles. The second-order valence-corrected chi connectivity index (χ2v) is 7.56. The number of nitrogens with zero attached hydrogens (tertiary/aromatic N) is 2. The van der Waals surface area contributed by atoms with E-state index < -0.39 is 0 Å². The quantitative estimate of drug-likeness (QED) is 0.794. The van der Waals surface area contributed by atoms with Gasteiger partial charge in [-0.05, 0) is 44.1 Å². The molecule has 3 rings (SSSR count). The standard InChI is InChI=1S/C21H30N2O2/c1-3-20(24)22-13-7-10-19(15-22)21(25)23(16(2)18-11-12-18)14-17-8-5-4-6-9-17/h4-6,8-9,16,18-19H,3,7,10-15H2,1-2H3/t16-,19+/m1/s1. The topological polar surface area (TPSA) is 40.6 Å². The third kappa shape index (κ3) is 4.42. The fraction of sp³-hybridized carbons (Fsp3) is 0.619. The Labute approximate surface area is 151 Å². The molecular weight excluding hydrogens is 312 g/mol. The lowest BCUT2D eigenvalue weighted by Gasteiger charge is -2.37. The minimum absolute atomic E-state index is 0.0471. The molecule has 25 heavy (non-hydrogen) atoms. The molecule has 0 radical (unpaired) electrons. The summed E-state index contributed by atoms with van der Waals surface area (Å²) in [5, 5.41) is 0. The normalized spacial score (nSPS) is 21.7. The number of piperidine rings is 1. The summed E-state index contributed by atoms with van der Waals surface area (Å²) >= 11 is 0. The molecule has 1 aliphatic carbocycles. The molecule has 2 amide bonds. The van der Waals surface area contributed by atoms with Crippen molar-refractivity contribution in [3.8, 4) is 0 Å². The van der Waals surface area contributed by atoms with Crippen LogP contribution >= 0.6 is 0 Å². The zero-order valence-corrected chi connectivity index (χ0v) is 15.5. The van der Waals surface area contributed by atoms with Crippen molar-refractivity contribution in [2.45, 2.75) is 58.5 Å². The maximum absolute atomic E-state index is 13.3. The minimum Gasteiger partial charge on any atom is -0.342 e. The first-order chi connectivity index (χ1) is 12.1. The van der Waals surface area contributed by atoms with Crippen molar-refractivity contribution in [3.63, 3.8) is 0 Å². The van der Waals surface area contributed by atoms with E-state index in [1.165, 1.54) is 18.4 Å². The highest BCUT2D eigenvalue weighted by atomic mass is 16.2. The predicted octanol–water partition coefficient (Wildman–Crippen LogP) is 3.46. The van der Waals surface area contributed by atoms with Gasteiger partial charge < -0.3 is 9.80 Å². The molecule has 0 spiro atoms. The van der Waals surface area contributed by atoms with Gasteiger partial charge in [-0.1, -0.05) is 37.3 Å². The van der Waals surface area contributed by atoms with Crippen LogP contribution in [0.4, 0.5) is 0 Å². The minimum atomic E-state index is -0.0471. The Morgan fingerprint density at radius 1 is 1.20 bits per heavy atom. The van der Waals surface area contributed by atoms with Crippen LogP contribution in [0.25, 0.3) is 0 Å². The van der Waals surface area contributed by atoms with Crippen LogP contribution < -0.4 is 0 Å². The molecule has 0 bridgehead atoms. The molecule has 2 aliphatic rings. The van der Waals surface area contributed by atoms with Gasteiger partial charge in [-0.25, -0.2) is 0 Å². The first kappa shape index (κ1) is 18.0. The third-order valence-corrected chi connectivity index (χ3v) is 5.70. The largest absolute Gasteiger partial charge is 0.342 e. The maximum atomic E-state index is 13.3. The highest BCUT2D eigenvalue weighted by molar-refractivity contribution is 5.81. The molecule has 1 aliphatic heterocycles. The van der Waals surface area contributed by atoms with Gasteiger partial charge in [0.2, 0.25) is 11.8 Å². The molecule has 1 aromatic carbocycles. The van der Waals surface area contributed by atoms with Gasteiger partial charge in [0.25, 0.3) is 0 Å². The van der Waals surface area contributed by atoms with Crippen molar-refractivity contribution in [3.05, 3.63) is 35.9 Å². The summed E-state index contributed by atoms with van der Waals surface area (Å²) in [5.41, 5.74) is 1.18. The van der Waals surface area contributed by atoms with E-state index in [0.29, 0.717) is 25.4 Å². The molecule has 0 N–H and O–H groups in total. The highest BCUT2D eigenvalue weighted by Gasteiger charge is 2.38. The summed E-state index contributed by atoms with van der Waals surface area (Å²) in [6.07, 6.45) is 4.80. The van der Waals surface area contributed by atoms with E-state index in [-0.39, 0.29) is 23.8 Å². The smallest absolute Gasteiger partial charge is 0.228 e. The number of hydrogen-bond donors (Lipinski definition) is 0. The van der Waals surface area contributed by atoms with Crippen LogP contribution in [0.1, 0.15) is 51.5 Å². The number of benzene rings is 1. The Bertz CT molecular complexity index is 597. The molecule has 0 unspecified atom stereocenters. The lowest BCUT2D eigenvalue weighted by atomic mass is 9.95. The van der Waals surface area contributed by atoms with Crippen LogP contribution in [-0.4, -0.2) is 40.7 Å². The molecule has 1 saturated carbocycles. The van der Waals surface area contributed by atoms with Gasteiger partial charge in [0, 0.05) is 32.1 Å². The van der Waals surface area contributed by atoms with Crippen LogP contribution in [0.5, 0.6) is 0 Å². The maximum Gasteiger partial charge on any atom is 0.228 e. The van der Waals surface area contributed by atoms with Gasteiger partial charge >= 0.3 is 0 Å². The second kappa shape index (κ2) is 8.03. The summed E-state index contributed by atoms with van der Waals surface area (Å²) in [7, 11) is 0. The molecule has 136 valence electrons. The molecule has 0 aromatic heterocycles. The molecule has 1 saturated heterocycles. The number of carbonyl (C=O) groups is 2. The van der Waals surface area contributed by atoms with Crippen molar-refractivity contribution in [1.29, 1.82) is 0 Å². The van der Waals surface area contributed by atoms with Gasteiger partial charge in [0.15, 0.2) is 0 Å². The van der Waals surface area contributed by atoms with E-state index in [1.807, 2.05) is 30.0 Å². The van der Waals surface area contributed by atoms with E-state index in [4.69, 9.17) is 0 Å². The van der Waals surface area contributed by atoms with Crippen LogP contribution in [0, 0.1) is 11.8 Å². The SMILES string of the molecule is CCC(=O)N1CCC[C@H](C(=O)N(Cc2ccccc2)[C@H](C)C2CC2)C1. The molecular formula is C21H30N2O2. The average Bonchev–Trinajstić information content (AvgIpc) is 3.50. The van der Waals surface area contributed by atoms with E-state index >= 15 is 0 Å². The molecule has 4 heteroatoms. The fourth-order valence-electron chi connectivity index (χ4n) is 3.90. The Morgan fingerprint density at radius 3 is 2.56 bits per heavy atom. The zero-order valence-electron chi connectivity index (χ0n) is 15.5. The van der Waals surface area contributed by atoms with E-state index in [0.717, 1.165) is 19.4 Å². The van der Waals surface area contributed by atoms with E-state index in [1.54, 1.807) is 0 Å². The number of hydrogen-bond acceptors (Lipinski definition) is 2. The lowest BCUT2D eigenvalue weighted by Crippen LogP contribution is -2.49. The zero-order chi connectivity index (χ0) is 17.8. The second-order valence-electron chi connectivity index (χ2n) is 7.56. The van der Waals surface area contributed by atoms with Crippen molar-refractivity contribution < 1.29 is 9.59 Å². The van der Waals surface area contributed by atoms with Crippen LogP contribution in [0.2, 0.25) is 0 Å². The first-order valence-electron chi connectivity index (χ1n) is 9.72. The Kier molecular flexibility index (Phi) is 5.77. The van der Waals surface area contributed by atoms with Crippen molar-refractivity contribution >= 4 is 11.8 Å².